The Morgan fingerprint density at radius 2 is 1.14 bits per heavy atom. The van der Waals surface area contributed by atoms with E-state index >= 15 is 0 Å². The van der Waals surface area contributed by atoms with Crippen LogP contribution in [0.15, 0.2) is 0 Å². The van der Waals surface area contributed by atoms with Crippen molar-refractivity contribution >= 4 is 11.8 Å². The molecule has 1 aliphatic carbocycles. The second-order valence-electron chi connectivity index (χ2n) is 9.03. The maximum atomic E-state index is 13.0. The molecule has 2 amide bonds. The van der Waals surface area contributed by atoms with Crippen molar-refractivity contribution in [3.8, 4) is 0 Å². The van der Waals surface area contributed by atoms with Crippen molar-refractivity contribution in [3.05, 3.63) is 0 Å². The third-order valence-corrected chi connectivity index (χ3v) is 5.15. The Kier molecular flexibility index (Phi) is 4.25. The van der Waals surface area contributed by atoms with Crippen LogP contribution in [0.1, 0.15) is 73.6 Å². The summed E-state index contributed by atoms with van der Waals surface area (Å²) >= 11 is 0. The van der Waals surface area contributed by atoms with E-state index in [0.717, 1.165) is 25.7 Å². The third-order valence-electron chi connectivity index (χ3n) is 5.15. The van der Waals surface area contributed by atoms with E-state index < -0.39 is 0 Å². The summed E-state index contributed by atoms with van der Waals surface area (Å²) in [6.07, 6.45) is 5.50. The van der Waals surface area contributed by atoms with Crippen LogP contribution in [0.2, 0.25) is 0 Å². The Hall–Kier alpha value is -0.860. The van der Waals surface area contributed by atoms with E-state index in [0.29, 0.717) is 0 Å². The largest absolute Gasteiger partial charge is 0.279 e. The minimum absolute atomic E-state index is 0.0827. The second kappa shape index (κ2) is 5.40. The number of imide groups is 1. The summed E-state index contributed by atoms with van der Waals surface area (Å²) in [5.41, 5.74) is -0.345. The number of rotatable bonds is 1. The van der Waals surface area contributed by atoms with E-state index in [1.165, 1.54) is 6.42 Å². The Morgan fingerprint density at radius 1 is 0.762 bits per heavy atom. The summed E-state index contributed by atoms with van der Waals surface area (Å²) in [5.74, 6) is -0.211. The number of hydrogen-bond donors (Lipinski definition) is 0. The lowest BCUT2D eigenvalue weighted by Gasteiger charge is -2.35. The predicted octanol–water partition coefficient (Wildman–Crippen LogP) is 4.01. The number of carbonyl (C=O) groups is 2. The Bertz CT molecular complexity index is 389. The van der Waals surface area contributed by atoms with Crippen LogP contribution in [0.3, 0.4) is 0 Å². The first-order valence-electron chi connectivity index (χ1n) is 8.42. The fourth-order valence-electron chi connectivity index (χ4n) is 4.13. The molecule has 3 heteroatoms. The Labute approximate surface area is 129 Å². The third kappa shape index (κ3) is 3.02. The molecule has 1 aliphatic heterocycles. The summed E-state index contributed by atoms with van der Waals surface area (Å²) in [4.78, 5) is 27.7. The van der Waals surface area contributed by atoms with Gasteiger partial charge in [-0.1, -0.05) is 60.8 Å². The Morgan fingerprint density at radius 3 is 1.48 bits per heavy atom. The molecule has 1 saturated heterocycles. The van der Waals surface area contributed by atoms with Gasteiger partial charge in [-0.15, -0.1) is 0 Å². The number of nitrogens with zero attached hydrogens (tertiary/aromatic N) is 1. The molecule has 0 aromatic heterocycles. The van der Waals surface area contributed by atoms with E-state index in [4.69, 9.17) is 0 Å². The van der Waals surface area contributed by atoms with Crippen molar-refractivity contribution in [1.82, 2.24) is 4.90 Å². The van der Waals surface area contributed by atoms with Gasteiger partial charge in [0, 0.05) is 6.04 Å². The maximum Gasteiger partial charge on any atom is 0.233 e. The van der Waals surface area contributed by atoms with Crippen LogP contribution in [0.25, 0.3) is 0 Å². The lowest BCUT2D eigenvalue weighted by Crippen LogP contribution is -2.42. The summed E-state index contributed by atoms with van der Waals surface area (Å²) < 4.78 is 0. The van der Waals surface area contributed by atoms with Gasteiger partial charge in [-0.05, 0) is 23.7 Å². The zero-order chi connectivity index (χ0) is 16.0. The van der Waals surface area contributed by atoms with Crippen LogP contribution in [-0.4, -0.2) is 22.8 Å². The molecule has 0 aromatic carbocycles. The van der Waals surface area contributed by atoms with Crippen LogP contribution >= 0.6 is 0 Å². The molecule has 1 heterocycles. The lowest BCUT2D eigenvalue weighted by atomic mass is 9.65. The highest BCUT2D eigenvalue weighted by Crippen LogP contribution is 2.48. The number of hydrogen-bond acceptors (Lipinski definition) is 2. The van der Waals surface area contributed by atoms with E-state index in [9.17, 15) is 9.59 Å². The fraction of sp³-hybridized carbons (Fsp3) is 0.889. The molecule has 2 atom stereocenters. The molecule has 0 N–H and O–H groups in total. The van der Waals surface area contributed by atoms with Crippen molar-refractivity contribution in [1.29, 1.82) is 0 Å². The smallest absolute Gasteiger partial charge is 0.233 e. The van der Waals surface area contributed by atoms with Crippen LogP contribution in [0.4, 0.5) is 0 Å². The monoisotopic (exact) mass is 293 g/mol. The molecule has 120 valence electrons. The van der Waals surface area contributed by atoms with Gasteiger partial charge >= 0.3 is 0 Å². The topological polar surface area (TPSA) is 37.4 Å². The van der Waals surface area contributed by atoms with Crippen molar-refractivity contribution in [2.45, 2.75) is 79.7 Å². The standard InChI is InChI=1S/C18H31NO2/c1-17(2,3)13-14(18(4,5)6)16(21)19(15(13)20)12-10-8-7-9-11-12/h12-14H,7-11H2,1-6H3. The van der Waals surface area contributed by atoms with Gasteiger partial charge < -0.3 is 0 Å². The first-order chi connectivity index (χ1) is 9.55. The van der Waals surface area contributed by atoms with Gasteiger partial charge in [-0.3, -0.25) is 14.5 Å². The molecule has 0 bridgehead atoms. The van der Waals surface area contributed by atoms with Crippen LogP contribution in [-0.2, 0) is 9.59 Å². The highest BCUT2D eigenvalue weighted by Gasteiger charge is 2.57. The van der Waals surface area contributed by atoms with E-state index in [1.54, 1.807) is 4.90 Å². The second-order valence-corrected chi connectivity index (χ2v) is 9.03. The highest BCUT2D eigenvalue weighted by atomic mass is 16.2. The quantitative estimate of drug-likeness (QED) is 0.685. The van der Waals surface area contributed by atoms with E-state index in [2.05, 4.69) is 41.5 Å². The van der Waals surface area contributed by atoms with Crippen molar-refractivity contribution < 1.29 is 9.59 Å². The van der Waals surface area contributed by atoms with Gasteiger partial charge in [-0.2, -0.15) is 0 Å². The molecule has 1 saturated carbocycles. The average Bonchev–Trinajstić information content (AvgIpc) is 2.61. The minimum Gasteiger partial charge on any atom is -0.279 e. The zero-order valence-corrected chi connectivity index (χ0v) is 14.5. The highest BCUT2D eigenvalue weighted by molar-refractivity contribution is 6.06. The molecule has 21 heavy (non-hydrogen) atoms. The number of amides is 2. The molecule has 3 nitrogen and oxygen atoms in total. The summed E-state index contributed by atoms with van der Waals surface area (Å²) in [5, 5.41) is 0. The molecule has 2 unspecified atom stereocenters. The summed E-state index contributed by atoms with van der Waals surface area (Å²) in [6, 6.07) is 0.149. The van der Waals surface area contributed by atoms with Crippen LogP contribution < -0.4 is 0 Å². The minimum atomic E-state index is -0.188. The van der Waals surface area contributed by atoms with Crippen molar-refractivity contribution in [3.63, 3.8) is 0 Å². The maximum absolute atomic E-state index is 13.0. The van der Waals surface area contributed by atoms with Gasteiger partial charge in [0.1, 0.15) is 0 Å². The lowest BCUT2D eigenvalue weighted by molar-refractivity contribution is -0.144. The first-order valence-corrected chi connectivity index (χ1v) is 8.42. The van der Waals surface area contributed by atoms with Crippen LogP contribution in [0.5, 0.6) is 0 Å². The summed E-state index contributed by atoms with van der Waals surface area (Å²) in [7, 11) is 0. The molecule has 2 aliphatic rings. The zero-order valence-electron chi connectivity index (χ0n) is 14.5. The number of carbonyl (C=O) groups excluding carboxylic acids is 2. The van der Waals surface area contributed by atoms with Gasteiger partial charge in [-0.25, -0.2) is 0 Å². The predicted molar refractivity (Wildman–Crippen MR) is 84.6 cm³/mol. The Balaban J connectivity index is 2.37. The van der Waals surface area contributed by atoms with E-state index in [1.807, 2.05) is 0 Å². The molecule has 0 aromatic rings. The molecule has 2 fully saturated rings. The summed E-state index contributed by atoms with van der Waals surface area (Å²) in [6.45, 7) is 12.5. The van der Waals surface area contributed by atoms with Crippen molar-refractivity contribution in [2.24, 2.45) is 22.7 Å². The SMILES string of the molecule is CC(C)(C)C1C(=O)N(C2CCCCC2)C(=O)C1C(C)(C)C. The van der Waals surface area contributed by atoms with Gasteiger partial charge in [0.15, 0.2) is 0 Å². The fourth-order valence-corrected chi connectivity index (χ4v) is 4.13. The molecular weight excluding hydrogens is 262 g/mol. The average molecular weight is 293 g/mol. The molecule has 2 rings (SSSR count). The number of likely N-dealkylation sites (tertiary alicyclic amines) is 1. The van der Waals surface area contributed by atoms with Crippen LogP contribution in [0, 0.1) is 22.7 Å². The van der Waals surface area contributed by atoms with Gasteiger partial charge in [0.05, 0.1) is 11.8 Å². The van der Waals surface area contributed by atoms with Gasteiger partial charge in [0.2, 0.25) is 11.8 Å². The van der Waals surface area contributed by atoms with Gasteiger partial charge in [0.25, 0.3) is 0 Å². The van der Waals surface area contributed by atoms with E-state index in [-0.39, 0.29) is 40.5 Å². The molecule has 0 spiro atoms. The molecule has 0 radical (unpaired) electrons. The first kappa shape index (κ1) is 16.5. The molecular formula is C18H31NO2. The van der Waals surface area contributed by atoms with Crippen molar-refractivity contribution in [2.75, 3.05) is 0 Å². The normalized spacial score (nSPS) is 29.3.